The molecule has 1 saturated carbocycles. The van der Waals surface area contributed by atoms with E-state index in [1.807, 2.05) is 0 Å². The minimum absolute atomic E-state index is 0.0657. The molecule has 0 aromatic carbocycles. The first-order valence-corrected chi connectivity index (χ1v) is 22.0. The lowest BCUT2D eigenvalue weighted by Gasteiger charge is -2.21. The molecule has 0 amide bonds. The third-order valence-corrected chi connectivity index (χ3v) is 10.0. The van der Waals surface area contributed by atoms with Crippen LogP contribution in [-0.4, -0.2) is 52.7 Å². The molecule has 1 aliphatic rings. The molecular formula is C45H83BNO5. The number of allylic oxidation sites excluding steroid dienone is 5. The van der Waals surface area contributed by atoms with Crippen LogP contribution in [0.2, 0.25) is 0 Å². The van der Waals surface area contributed by atoms with Gasteiger partial charge in [-0.1, -0.05) is 136 Å². The summed E-state index contributed by atoms with van der Waals surface area (Å²) in [6.07, 6.45) is 38.5. The molecule has 0 aromatic heterocycles. The Morgan fingerprint density at radius 1 is 0.731 bits per heavy atom. The number of unbranched alkanes of at least 4 members (excludes halogenated alkanes) is 14. The lowest BCUT2D eigenvalue weighted by Crippen LogP contribution is -2.31. The first-order valence-electron chi connectivity index (χ1n) is 22.0. The summed E-state index contributed by atoms with van der Waals surface area (Å²) in [5.41, 5.74) is 0. The van der Waals surface area contributed by atoms with Crippen LogP contribution in [0.4, 0.5) is 0 Å². The highest BCUT2D eigenvalue weighted by atomic mass is 16.5. The van der Waals surface area contributed by atoms with Crippen molar-refractivity contribution in [3.05, 3.63) is 36.6 Å². The van der Waals surface area contributed by atoms with Crippen LogP contribution in [0.15, 0.2) is 36.6 Å². The smallest absolute Gasteiger partial charge is 0.395 e. The van der Waals surface area contributed by atoms with E-state index in [2.05, 4.69) is 63.8 Å². The fourth-order valence-corrected chi connectivity index (χ4v) is 6.31. The number of nitrogens with one attached hydrogen (secondary N) is 1. The topological polar surface area (TPSA) is 66.0 Å². The van der Waals surface area contributed by atoms with Crippen molar-refractivity contribution in [3.63, 3.8) is 0 Å². The second-order valence-electron chi connectivity index (χ2n) is 15.5. The minimum atomic E-state index is -0.129. The lowest BCUT2D eigenvalue weighted by molar-refractivity contribution is -0.146. The van der Waals surface area contributed by atoms with Crippen molar-refractivity contribution >= 4 is 13.6 Å². The van der Waals surface area contributed by atoms with Gasteiger partial charge < -0.3 is 24.1 Å². The standard InChI is InChI=1S/C45H83BNO5/c1-6-9-12-14-16-17-18-19-20-21-22-23-24-25-27-30-45(48)51-38-42(39-52-46-47-36-40(4)29-11-8-3)37-50-41(5)31-34-44(43-32-33-43)49-35-28-26-15-13-10-7-2/h16-17,19-20,40,42-44,47H,5-15,18,21-39H2,1-4H3/b17-16-,20-19-. The summed E-state index contributed by atoms with van der Waals surface area (Å²) in [5, 5.41) is 3.30. The third kappa shape index (κ3) is 31.9. The molecule has 1 radical (unpaired) electrons. The van der Waals surface area contributed by atoms with Gasteiger partial charge in [0.2, 0.25) is 0 Å². The highest BCUT2D eigenvalue weighted by Gasteiger charge is 2.31. The van der Waals surface area contributed by atoms with Crippen LogP contribution in [0.1, 0.15) is 188 Å². The fraction of sp³-hybridized carbons (Fsp3) is 0.844. The third-order valence-electron chi connectivity index (χ3n) is 10.0. The summed E-state index contributed by atoms with van der Waals surface area (Å²) < 4.78 is 24.0. The van der Waals surface area contributed by atoms with E-state index in [9.17, 15) is 4.79 Å². The highest BCUT2D eigenvalue weighted by Crippen LogP contribution is 2.37. The normalized spacial score (nSPS) is 14.9. The van der Waals surface area contributed by atoms with E-state index in [0.29, 0.717) is 44.2 Å². The maximum Gasteiger partial charge on any atom is 0.395 e. The van der Waals surface area contributed by atoms with Gasteiger partial charge in [-0.3, -0.25) is 4.79 Å². The lowest BCUT2D eigenvalue weighted by atomic mass is 10.0. The summed E-state index contributed by atoms with van der Waals surface area (Å²) in [6, 6.07) is 0. The number of carbonyl (C=O) groups excluding carboxylic acids is 1. The summed E-state index contributed by atoms with van der Waals surface area (Å²) in [7, 11) is 1.69. The molecule has 0 heterocycles. The molecular weight excluding hydrogens is 645 g/mol. The van der Waals surface area contributed by atoms with Gasteiger partial charge in [0.25, 0.3) is 0 Å². The number of ether oxygens (including phenoxy) is 3. The molecule has 3 atom stereocenters. The summed E-state index contributed by atoms with van der Waals surface area (Å²) in [4.78, 5) is 12.6. The summed E-state index contributed by atoms with van der Waals surface area (Å²) >= 11 is 0. The first-order chi connectivity index (χ1) is 25.5. The van der Waals surface area contributed by atoms with Gasteiger partial charge >= 0.3 is 13.6 Å². The number of hydrogen-bond acceptors (Lipinski definition) is 6. The van der Waals surface area contributed by atoms with Crippen molar-refractivity contribution in [1.82, 2.24) is 5.23 Å². The van der Waals surface area contributed by atoms with Crippen LogP contribution >= 0.6 is 0 Å². The van der Waals surface area contributed by atoms with Gasteiger partial charge in [-0.25, -0.2) is 0 Å². The Labute approximate surface area is 323 Å². The highest BCUT2D eigenvalue weighted by molar-refractivity contribution is 6.23. The van der Waals surface area contributed by atoms with E-state index in [4.69, 9.17) is 18.9 Å². The molecule has 301 valence electrons. The maximum atomic E-state index is 12.6. The van der Waals surface area contributed by atoms with E-state index in [1.54, 1.807) is 7.62 Å². The number of hydrogen-bond donors (Lipinski definition) is 1. The van der Waals surface area contributed by atoms with Gasteiger partial charge in [0.05, 0.1) is 25.1 Å². The van der Waals surface area contributed by atoms with Crippen molar-refractivity contribution in [2.75, 3.05) is 33.0 Å². The molecule has 1 N–H and O–H groups in total. The molecule has 0 aliphatic heterocycles. The van der Waals surface area contributed by atoms with E-state index in [0.717, 1.165) is 70.3 Å². The SMILES string of the molecule is C=C(CCC(OCCCCCCCC)C1CC1)OCC(CO[B]NCC(C)CCCC)COC(=O)CCCCCCC/C=C\C/C=C\CCCCC. The summed E-state index contributed by atoms with van der Waals surface area (Å²) in [5.74, 6) is 1.88. The molecule has 1 rings (SSSR count). The Morgan fingerprint density at radius 3 is 2.06 bits per heavy atom. The van der Waals surface area contributed by atoms with Gasteiger partial charge in [0.1, 0.15) is 0 Å². The van der Waals surface area contributed by atoms with Crippen LogP contribution < -0.4 is 5.23 Å². The van der Waals surface area contributed by atoms with Crippen LogP contribution in [0, 0.1) is 17.8 Å². The van der Waals surface area contributed by atoms with Crippen molar-refractivity contribution in [3.8, 4) is 0 Å². The zero-order chi connectivity index (χ0) is 37.7. The average molecular weight is 729 g/mol. The van der Waals surface area contributed by atoms with E-state index in [1.165, 1.54) is 103 Å². The van der Waals surface area contributed by atoms with Crippen LogP contribution in [0.3, 0.4) is 0 Å². The van der Waals surface area contributed by atoms with Gasteiger partial charge in [-0.05, 0) is 89.0 Å². The Morgan fingerprint density at radius 2 is 1.35 bits per heavy atom. The maximum absolute atomic E-state index is 12.6. The molecule has 1 fully saturated rings. The molecule has 0 bridgehead atoms. The predicted molar refractivity (Wildman–Crippen MR) is 222 cm³/mol. The van der Waals surface area contributed by atoms with Crippen LogP contribution in [0.25, 0.3) is 0 Å². The Bertz CT molecular complexity index is 876. The second-order valence-corrected chi connectivity index (χ2v) is 15.5. The second kappa shape index (κ2) is 36.4. The van der Waals surface area contributed by atoms with Crippen LogP contribution in [-0.2, 0) is 23.7 Å². The fourth-order valence-electron chi connectivity index (χ4n) is 6.31. The molecule has 0 spiro atoms. The van der Waals surface area contributed by atoms with Crippen LogP contribution in [0.5, 0.6) is 0 Å². The van der Waals surface area contributed by atoms with Gasteiger partial charge in [0, 0.05) is 32.0 Å². The molecule has 6 nitrogen and oxygen atoms in total. The molecule has 3 unspecified atom stereocenters. The van der Waals surface area contributed by atoms with Gasteiger partial charge in [0.15, 0.2) is 0 Å². The van der Waals surface area contributed by atoms with E-state index in [-0.39, 0.29) is 11.9 Å². The monoisotopic (exact) mass is 729 g/mol. The molecule has 52 heavy (non-hydrogen) atoms. The molecule has 0 aromatic rings. The zero-order valence-corrected chi connectivity index (χ0v) is 34.7. The van der Waals surface area contributed by atoms with Crippen molar-refractivity contribution in [2.45, 2.75) is 194 Å². The quantitative estimate of drug-likeness (QED) is 0.0223. The molecule has 0 saturated heterocycles. The Hall–Kier alpha value is -1.57. The minimum Gasteiger partial charge on any atom is -0.498 e. The average Bonchev–Trinajstić information content (AvgIpc) is 3.99. The van der Waals surface area contributed by atoms with Gasteiger partial charge in [-0.15, -0.1) is 0 Å². The zero-order valence-electron chi connectivity index (χ0n) is 34.7. The number of rotatable bonds is 40. The Balaban J connectivity index is 2.32. The first kappa shape index (κ1) is 48.5. The largest absolute Gasteiger partial charge is 0.498 e. The predicted octanol–water partition coefficient (Wildman–Crippen LogP) is 12.4. The van der Waals surface area contributed by atoms with Crippen molar-refractivity contribution < 1.29 is 23.7 Å². The van der Waals surface area contributed by atoms with Crippen molar-refractivity contribution in [2.24, 2.45) is 17.8 Å². The summed E-state index contributed by atoms with van der Waals surface area (Å²) in [6.45, 7) is 16.1. The van der Waals surface area contributed by atoms with Crippen molar-refractivity contribution in [1.29, 1.82) is 0 Å². The number of esters is 1. The van der Waals surface area contributed by atoms with Gasteiger partial charge in [-0.2, -0.15) is 0 Å². The number of carbonyl (C=O) groups is 1. The molecule has 7 heteroatoms. The van der Waals surface area contributed by atoms with E-state index >= 15 is 0 Å². The molecule has 1 aliphatic carbocycles. The Kier molecular flexibility index (Phi) is 33.9. The van der Waals surface area contributed by atoms with E-state index < -0.39 is 0 Å².